The largest absolute Gasteiger partial charge is 0.444 e. The van der Waals surface area contributed by atoms with Gasteiger partial charge in [0.1, 0.15) is 5.60 Å². The number of likely N-dealkylation sites (N-methyl/N-ethyl adjacent to an activating group) is 1. The molecule has 0 bridgehead atoms. The summed E-state index contributed by atoms with van der Waals surface area (Å²) in [6.07, 6.45) is 2.78. The Morgan fingerprint density at radius 3 is 2.22 bits per heavy atom. The molecule has 1 fully saturated rings. The Morgan fingerprint density at radius 2 is 1.69 bits per heavy atom. The molecule has 0 aromatic rings. The van der Waals surface area contributed by atoms with Gasteiger partial charge in [-0.05, 0) is 39.7 Å². The maximum atomic E-state index is 12.0. The first-order valence-corrected chi connectivity index (χ1v) is 12.1. The van der Waals surface area contributed by atoms with Gasteiger partial charge in [0.15, 0.2) is 5.96 Å². The van der Waals surface area contributed by atoms with Crippen molar-refractivity contribution in [3.63, 3.8) is 0 Å². The molecule has 9 heteroatoms. The Balaban J connectivity index is 0.00000961. The standard InChI is InChI=1S/C23H48N6O2.HI/c1-8-10-11-20(17-26-22(30)31-23(4,5)6)27-21(24-7)25-16-19(3)18-29-14-12-28(9-2)13-15-29;/h19-20H,8-18H2,1-7H3,(H,26,30)(H2,24,25,27);1H. The maximum absolute atomic E-state index is 12.0. The van der Waals surface area contributed by atoms with Crippen LogP contribution in [0.25, 0.3) is 0 Å². The van der Waals surface area contributed by atoms with Gasteiger partial charge in [0, 0.05) is 58.9 Å². The minimum atomic E-state index is -0.493. The van der Waals surface area contributed by atoms with Gasteiger partial charge in [0.2, 0.25) is 0 Å². The number of guanidine groups is 1. The second-order valence-corrected chi connectivity index (χ2v) is 9.66. The van der Waals surface area contributed by atoms with Crippen LogP contribution in [-0.2, 0) is 4.74 Å². The van der Waals surface area contributed by atoms with Crippen LogP contribution in [-0.4, -0.2) is 92.9 Å². The number of unbranched alkanes of at least 4 members (excludes halogenated alkanes) is 1. The van der Waals surface area contributed by atoms with Gasteiger partial charge in [0.05, 0.1) is 0 Å². The van der Waals surface area contributed by atoms with Crippen molar-refractivity contribution in [2.75, 3.05) is 59.4 Å². The van der Waals surface area contributed by atoms with E-state index < -0.39 is 5.60 Å². The Kier molecular flexibility index (Phi) is 16.3. The summed E-state index contributed by atoms with van der Waals surface area (Å²) in [5.41, 5.74) is -0.493. The zero-order valence-electron chi connectivity index (χ0n) is 21.5. The highest BCUT2D eigenvalue weighted by Gasteiger charge is 2.19. The molecule has 1 aliphatic heterocycles. The van der Waals surface area contributed by atoms with Gasteiger partial charge in [-0.1, -0.05) is 33.6 Å². The summed E-state index contributed by atoms with van der Waals surface area (Å²) < 4.78 is 5.36. The van der Waals surface area contributed by atoms with E-state index in [1.165, 1.54) is 13.1 Å². The lowest BCUT2D eigenvalue weighted by Gasteiger charge is -2.35. The molecule has 32 heavy (non-hydrogen) atoms. The van der Waals surface area contributed by atoms with Gasteiger partial charge in [-0.15, -0.1) is 24.0 Å². The van der Waals surface area contributed by atoms with E-state index in [0.717, 1.165) is 57.9 Å². The highest BCUT2D eigenvalue weighted by molar-refractivity contribution is 14.0. The molecule has 3 N–H and O–H groups in total. The maximum Gasteiger partial charge on any atom is 0.407 e. The monoisotopic (exact) mass is 568 g/mol. The van der Waals surface area contributed by atoms with Crippen molar-refractivity contribution in [2.24, 2.45) is 10.9 Å². The third-order valence-electron chi connectivity index (χ3n) is 5.46. The molecule has 190 valence electrons. The molecule has 1 amide bonds. The van der Waals surface area contributed by atoms with Gasteiger partial charge in [0.25, 0.3) is 0 Å². The molecular weight excluding hydrogens is 519 g/mol. The number of hydrogen-bond acceptors (Lipinski definition) is 5. The van der Waals surface area contributed by atoms with Crippen LogP contribution in [0.4, 0.5) is 4.79 Å². The van der Waals surface area contributed by atoms with Crippen molar-refractivity contribution in [1.82, 2.24) is 25.8 Å². The molecular formula is C23H49IN6O2. The number of carbonyl (C=O) groups excluding carboxylic acids is 1. The number of aliphatic imine (C=N–C) groups is 1. The Hall–Kier alpha value is -0.810. The van der Waals surface area contributed by atoms with E-state index in [2.05, 4.69) is 51.5 Å². The molecule has 1 rings (SSSR count). The van der Waals surface area contributed by atoms with Gasteiger partial charge in [-0.3, -0.25) is 4.99 Å². The van der Waals surface area contributed by atoms with Gasteiger partial charge < -0.3 is 30.5 Å². The van der Waals surface area contributed by atoms with E-state index in [-0.39, 0.29) is 36.1 Å². The Bertz CT molecular complexity index is 533. The smallest absolute Gasteiger partial charge is 0.407 e. The third kappa shape index (κ3) is 14.4. The Labute approximate surface area is 213 Å². The van der Waals surface area contributed by atoms with Crippen LogP contribution < -0.4 is 16.0 Å². The number of hydrogen-bond donors (Lipinski definition) is 3. The van der Waals surface area contributed by atoms with Crippen molar-refractivity contribution in [2.45, 2.75) is 72.4 Å². The first-order valence-electron chi connectivity index (χ1n) is 12.1. The van der Waals surface area contributed by atoms with Crippen LogP contribution in [0, 0.1) is 5.92 Å². The normalized spacial score (nSPS) is 17.8. The number of ether oxygens (including phenoxy) is 1. The fraction of sp³-hybridized carbons (Fsp3) is 0.913. The molecule has 0 saturated carbocycles. The minimum absolute atomic E-state index is 0. The predicted octanol–water partition coefficient (Wildman–Crippen LogP) is 3.13. The predicted molar refractivity (Wildman–Crippen MR) is 145 cm³/mol. The molecule has 2 atom stereocenters. The molecule has 0 spiro atoms. The summed E-state index contributed by atoms with van der Waals surface area (Å²) in [5.74, 6) is 1.32. The van der Waals surface area contributed by atoms with E-state index in [1.807, 2.05) is 20.8 Å². The fourth-order valence-corrected chi connectivity index (χ4v) is 3.65. The number of carbonyl (C=O) groups is 1. The highest BCUT2D eigenvalue weighted by atomic mass is 127. The summed E-state index contributed by atoms with van der Waals surface area (Å²) in [4.78, 5) is 21.5. The fourth-order valence-electron chi connectivity index (χ4n) is 3.65. The van der Waals surface area contributed by atoms with Crippen LogP contribution in [0.1, 0.15) is 60.8 Å². The first-order chi connectivity index (χ1) is 14.7. The molecule has 1 aliphatic rings. The molecule has 2 unspecified atom stereocenters. The molecule has 0 aromatic carbocycles. The lowest BCUT2D eigenvalue weighted by molar-refractivity contribution is 0.0522. The number of rotatable bonds is 11. The second-order valence-electron chi connectivity index (χ2n) is 9.66. The van der Waals surface area contributed by atoms with Crippen LogP contribution in [0.15, 0.2) is 4.99 Å². The summed E-state index contributed by atoms with van der Waals surface area (Å²) in [6.45, 7) is 20.6. The number of piperazine rings is 1. The molecule has 8 nitrogen and oxygen atoms in total. The van der Waals surface area contributed by atoms with Crippen molar-refractivity contribution in [3.8, 4) is 0 Å². The highest BCUT2D eigenvalue weighted by Crippen LogP contribution is 2.07. The van der Waals surface area contributed by atoms with E-state index in [9.17, 15) is 4.79 Å². The van der Waals surface area contributed by atoms with Gasteiger partial charge in [-0.25, -0.2) is 4.79 Å². The molecule has 1 heterocycles. The van der Waals surface area contributed by atoms with Crippen molar-refractivity contribution in [3.05, 3.63) is 0 Å². The summed E-state index contributed by atoms with van der Waals surface area (Å²) in [7, 11) is 1.79. The van der Waals surface area contributed by atoms with Crippen LogP contribution in [0.2, 0.25) is 0 Å². The zero-order valence-corrected chi connectivity index (χ0v) is 23.8. The average molecular weight is 569 g/mol. The summed E-state index contributed by atoms with van der Waals surface area (Å²) in [6, 6.07) is 0.107. The molecule has 0 aliphatic carbocycles. The van der Waals surface area contributed by atoms with Crippen molar-refractivity contribution in [1.29, 1.82) is 0 Å². The third-order valence-corrected chi connectivity index (χ3v) is 5.46. The number of nitrogens with one attached hydrogen (secondary N) is 3. The van der Waals surface area contributed by atoms with E-state index in [1.54, 1.807) is 7.05 Å². The number of amides is 1. The first kappa shape index (κ1) is 31.2. The second kappa shape index (κ2) is 16.7. The average Bonchev–Trinajstić information content (AvgIpc) is 2.71. The minimum Gasteiger partial charge on any atom is -0.444 e. The zero-order chi connectivity index (χ0) is 23.3. The van der Waals surface area contributed by atoms with Crippen LogP contribution in [0.3, 0.4) is 0 Å². The SMILES string of the molecule is CCCCC(CNC(=O)OC(C)(C)C)NC(=NC)NCC(C)CN1CCN(CC)CC1.I. The van der Waals surface area contributed by atoms with E-state index in [0.29, 0.717) is 12.5 Å². The van der Waals surface area contributed by atoms with Crippen LogP contribution in [0.5, 0.6) is 0 Å². The Morgan fingerprint density at radius 1 is 1.06 bits per heavy atom. The number of alkyl carbamates (subject to hydrolysis) is 1. The summed E-state index contributed by atoms with van der Waals surface area (Å²) >= 11 is 0. The number of nitrogens with zero attached hydrogens (tertiary/aromatic N) is 3. The van der Waals surface area contributed by atoms with Gasteiger partial charge in [-0.2, -0.15) is 0 Å². The lowest BCUT2D eigenvalue weighted by Crippen LogP contribution is -2.51. The number of halogens is 1. The van der Waals surface area contributed by atoms with E-state index >= 15 is 0 Å². The molecule has 0 aromatic heterocycles. The molecule has 1 saturated heterocycles. The van der Waals surface area contributed by atoms with Gasteiger partial charge >= 0.3 is 6.09 Å². The van der Waals surface area contributed by atoms with Crippen molar-refractivity contribution < 1.29 is 9.53 Å². The quantitative estimate of drug-likeness (QED) is 0.202. The molecule has 0 radical (unpaired) electrons. The van der Waals surface area contributed by atoms with E-state index in [4.69, 9.17) is 4.74 Å². The topological polar surface area (TPSA) is 81.2 Å². The lowest BCUT2D eigenvalue weighted by atomic mass is 10.1. The van der Waals surface area contributed by atoms with Crippen molar-refractivity contribution >= 4 is 36.0 Å². The van der Waals surface area contributed by atoms with Crippen LogP contribution >= 0.6 is 24.0 Å². The summed E-state index contributed by atoms with van der Waals surface area (Å²) in [5, 5.41) is 9.83.